The van der Waals surface area contributed by atoms with Gasteiger partial charge >= 0.3 is 0 Å². The predicted molar refractivity (Wildman–Crippen MR) is 194 cm³/mol. The van der Waals surface area contributed by atoms with E-state index in [1.165, 1.54) is 13.8 Å². The highest BCUT2D eigenvalue weighted by Crippen LogP contribution is 2.33. The van der Waals surface area contributed by atoms with E-state index in [2.05, 4.69) is 26.6 Å². The summed E-state index contributed by atoms with van der Waals surface area (Å²) in [4.78, 5) is 67.9. The molecule has 3 heterocycles. The van der Waals surface area contributed by atoms with Crippen molar-refractivity contribution in [2.45, 2.75) is 76.8 Å². The number of carbonyl (C=O) groups excluding carboxylic acids is 5. The van der Waals surface area contributed by atoms with Gasteiger partial charge in [-0.1, -0.05) is 62.4 Å². The maximum Gasteiger partial charge on any atom is 0.255 e. The first-order valence-electron chi connectivity index (χ1n) is 17.7. The van der Waals surface area contributed by atoms with Crippen molar-refractivity contribution in [1.82, 2.24) is 26.6 Å². The molecule has 0 aliphatic carbocycles. The van der Waals surface area contributed by atoms with Gasteiger partial charge < -0.3 is 45.9 Å². The Morgan fingerprint density at radius 1 is 0.774 bits per heavy atom. The Kier molecular flexibility index (Phi) is 12.9. The van der Waals surface area contributed by atoms with Gasteiger partial charge in [-0.25, -0.2) is 0 Å². The minimum absolute atomic E-state index is 0.0422. The van der Waals surface area contributed by atoms with E-state index in [4.69, 9.17) is 14.2 Å². The van der Waals surface area contributed by atoms with E-state index in [0.29, 0.717) is 30.1 Å². The van der Waals surface area contributed by atoms with Crippen molar-refractivity contribution in [2.75, 3.05) is 19.8 Å². The molecule has 14 heteroatoms. The van der Waals surface area contributed by atoms with Gasteiger partial charge in [0.25, 0.3) is 5.91 Å². The van der Waals surface area contributed by atoms with Gasteiger partial charge in [0.1, 0.15) is 49.7 Å². The average Bonchev–Trinajstić information content (AvgIpc) is 3.14. The van der Waals surface area contributed by atoms with Gasteiger partial charge in [0.05, 0.1) is 17.7 Å². The van der Waals surface area contributed by atoms with Gasteiger partial charge in [-0.2, -0.15) is 0 Å². The summed E-state index contributed by atoms with van der Waals surface area (Å²) in [6.07, 6.45) is -0.876. The van der Waals surface area contributed by atoms with E-state index in [1.807, 2.05) is 30.3 Å². The molecule has 2 bridgehead atoms. The Morgan fingerprint density at radius 2 is 1.45 bits per heavy atom. The molecular formula is C39H47N5O9. The lowest BCUT2D eigenvalue weighted by molar-refractivity contribution is -0.136. The van der Waals surface area contributed by atoms with Crippen LogP contribution in [0.4, 0.5) is 0 Å². The van der Waals surface area contributed by atoms with Crippen LogP contribution < -0.4 is 40.8 Å². The van der Waals surface area contributed by atoms with E-state index < -0.39 is 65.8 Å². The average molecular weight is 730 g/mol. The number of para-hydroxylation sites is 1. The summed E-state index contributed by atoms with van der Waals surface area (Å²) in [5, 5.41) is 24.2. The van der Waals surface area contributed by atoms with Gasteiger partial charge in [0.15, 0.2) is 11.5 Å². The monoisotopic (exact) mass is 729 g/mol. The molecule has 6 rings (SSSR count). The molecular weight excluding hydrogens is 682 g/mol. The zero-order valence-corrected chi connectivity index (χ0v) is 30.2. The van der Waals surface area contributed by atoms with E-state index in [0.717, 1.165) is 5.56 Å². The third-order valence-corrected chi connectivity index (χ3v) is 8.98. The number of benzene rings is 3. The number of aliphatic hydroxyl groups excluding tert-OH is 1. The number of hydrogen-bond donors (Lipinski definition) is 6. The standard InChI is InChI=1S/C39H47N5O9/c1-22(2)32-38(49)41-27(19-25-9-6-5-7-10-25)21-53-28-15-13-26(14-16-28)20-30(42-36(47)29-11-8-12-31-34(29)52-18-17-51-31)37(48)40-23(3)35(46)44-33(24(4)45)39(50)43-32/h5-16,22-24,27,30,32-33,45H,17-21H2,1-4H3,(H,40,48)(H,41,49)(H,42,47)(H,43,50)(H,44,46)/t23-,24-,27+,30+,32-,33+/m1/s1. The maximum absolute atomic E-state index is 13.8. The van der Waals surface area contributed by atoms with Crippen LogP contribution in [-0.4, -0.2) is 90.8 Å². The Bertz CT molecular complexity index is 1770. The molecule has 14 nitrogen and oxygen atoms in total. The molecule has 0 aromatic heterocycles. The van der Waals surface area contributed by atoms with E-state index in [1.54, 1.807) is 56.3 Å². The van der Waals surface area contributed by atoms with Crippen molar-refractivity contribution in [1.29, 1.82) is 0 Å². The molecule has 0 saturated heterocycles. The Labute approximate surface area is 308 Å². The fourth-order valence-electron chi connectivity index (χ4n) is 6.03. The number of nitrogens with one attached hydrogen (secondary N) is 5. The molecule has 3 aliphatic rings. The van der Waals surface area contributed by atoms with Gasteiger partial charge in [0, 0.05) is 6.42 Å². The molecule has 5 amide bonds. The number of fused-ring (bicyclic) bond motifs is 18. The maximum atomic E-state index is 13.8. The zero-order chi connectivity index (χ0) is 38.1. The van der Waals surface area contributed by atoms with Crippen molar-refractivity contribution >= 4 is 29.5 Å². The first kappa shape index (κ1) is 38.6. The van der Waals surface area contributed by atoms with Gasteiger partial charge in [-0.05, 0) is 61.6 Å². The van der Waals surface area contributed by atoms with Crippen LogP contribution in [0.3, 0.4) is 0 Å². The van der Waals surface area contributed by atoms with Crippen molar-refractivity contribution < 1.29 is 43.3 Å². The highest BCUT2D eigenvalue weighted by Gasteiger charge is 2.34. The van der Waals surface area contributed by atoms with Crippen LogP contribution in [0, 0.1) is 5.92 Å². The number of ether oxygens (including phenoxy) is 3. The fourth-order valence-corrected chi connectivity index (χ4v) is 6.03. The first-order chi connectivity index (χ1) is 25.4. The van der Waals surface area contributed by atoms with Crippen LogP contribution in [-0.2, 0) is 32.0 Å². The summed E-state index contributed by atoms with van der Waals surface area (Å²) in [6.45, 7) is 6.96. The molecule has 282 valence electrons. The Balaban J connectivity index is 1.45. The molecule has 53 heavy (non-hydrogen) atoms. The second kappa shape index (κ2) is 17.7. The Hall–Kier alpha value is -5.63. The lowest BCUT2D eigenvalue weighted by Crippen LogP contribution is -2.61. The summed E-state index contributed by atoms with van der Waals surface area (Å²) in [5.74, 6) is -2.45. The number of hydrogen-bond acceptors (Lipinski definition) is 9. The Morgan fingerprint density at radius 3 is 2.15 bits per heavy atom. The number of aliphatic hydroxyl groups is 1. The quantitative estimate of drug-likeness (QED) is 0.204. The summed E-state index contributed by atoms with van der Waals surface area (Å²) in [7, 11) is 0. The lowest BCUT2D eigenvalue weighted by Gasteiger charge is -2.29. The van der Waals surface area contributed by atoms with Crippen LogP contribution in [0.25, 0.3) is 0 Å². The van der Waals surface area contributed by atoms with Crippen LogP contribution in [0.2, 0.25) is 0 Å². The van der Waals surface area contributed by atoms with Crippen molar-refractivity contribution in [3.63, 3.8) is 0 Å². The predicted octanol–water partition coefficient (Wildman–Crippen LogP) is 1.43. The minimum atomic E-state index is -1.45. The smallest absolute Gasteiger partial charge is 0.255 e. The number of carbonyl (C=O) groups is 5. The fraction of sp³-hybridized carbons (Fsp3) is 0.410. The third kappa shape index (κ3) is 10.3. The summed E-state index contributed by atoms with van der Waals surface area (Å²) in [6, 6.07) is 16.1. The molecule has 0 unspecified atom stereocenters. The van der Waals surface area contributed by atoms with Crippen molar-refractivity contribution in [3.05, 3.63) is 89.5 Å². The summed E-state index contributed by atoms with van der Waals surface area (Å²) < 4.78 is 17.5. The molecule has 0 saturated carbocycles. The van der Waals surface area contributed by atoms with Gasteiger partial charge in [-0.15, -0.1) is 0 Å². The molecule has 6 N–H and O–H groups in total. The van der Waals surface area contributed by atoms with E-state index in [9.17, 15) is 29.1 Å². The van der Waals surface area contributed by atoms with Crippen LogP contribution in [0.1, 0.15) is 49.2 Å². The minimum Gasteiger partial charge on any atom is -0.491 e. The lowest BCUT2D eigenvalue weighted by atomic mass is 10.0. The molecule has 3 aliphatic heterocycles. The topological polar surface area (TPSA) is 193 Å². The second-order valence-electron chi connectivity index (χ2n) is 13.6. The van der Waals surface area contributed by atoms with Crippen LogP contribution >= 0.6 is 0 Å². The molecule has 0 radical (unpaired) electrons. The molecule has 3 aromatic rings. The largest absolute Gasteiger partial charge is 0.491 e. The molecule has 0 fully saturated rings. The molecule has 6 atom stereocenters. The summed E-state index contributed by atoms with van der Waals surface area (Å²) in [5.41, 5.74) is 1.82. The molecule has 3 aromatic carbocycles. The highest BCUT2D eigenvalue weighted by molar-refractivity contribution is 6.01. The number of amides is 5. The number of rotatable bonds is 6. The normalized spacial score (nSPS) is 23.4. The molecule has 0 spiro atoms. The summed E-state index contributed by atoms with van der Waals surface area (Å²) >= 11 is 0. The highest BCUT2D eigenvalue weighted by atomic mass is 16.6. The van der Waals surface area contributed by atoms with Crippen LogP contribution in [0.15, 0.2) is 72.8 Å². The van der Waals surface area contributed by atoms with Gasteiger partial charge in [-0.3, -0.25) is 24.0 Å². The van der Waals surface area contributed by atoms with E-state index >= 15 is 0 Å². The third-order valence-electron chi connectivity index (χ3n) is 8.98. The van der Waals surface area contributed by atoms with Crippen LogP contribution in [0.5, 0.6) is 17.2 Å². The van der Waals surface area contributed by atoms with Crippen molar-refractivity contribution in [3.8, 4) is 17.2 Å². The first-order valence-corrected chi connectivity index (χ1v) is 17.7. The second-order valence-corrected chi connectivity index (χ2v) is 13.6. The SMILES string of the molecule is CC(C)[C@H]1NC(=O)[C@H]([C@@H](C)O)NC(=O)[C@@H](C)NC(=O)[C@@H](NC(=O)c2cccc3c2OCCO3)Cc2ccc(cc2)OC[C@H](Cc2ccccc2)NC1=O. The van der Waals surface area contributed by atoms with E-state index in [-0.39, 0.29) is 36.9 Å². The van der Waals surface area contributed by atoms with Crippen molar-refractivity contribution in [2.24, 2.45) is 5.92 Å². The van der Waals surface area contributed by atoms with Gasteiger partial charge in [0.2, 0.25) is 23.6 Å². The zero-order valence-electron chi connectivity index (χ0n) is 30.2.